The molecule has 0 saturated carbocycles. The number of fused-ring (bicyclic) bond motifs is 1. The van der Waals surface area contributed by atoms with Crippen molar-refractivity contribution in [2.45, 2.75) is 19.3 Å². The predicted octanol–water partition coefficient (Wildman–Crippen LogP) is 4.10. The molecule has 8 heteroatoms. The van der Waals surface area contributed by atoms with Crippen LogP contribution >= 0.6 is 11.6 Å². The number of aromatic amines is 1. The number of anilines is 1. The van der Waals surface area contributed by atoms with Gasteiger partial charge >= 0.3 is 0 Å². The van der Waals surface area contributed by atoms with Gasteiger partial charge in [0.1, 0.15) is 0 Å². The van der Waals surface area contributed by atoms with Crippen LogP contribution in [0.2, 0.25) is 5.02 Å². The number of nitrogens with zero attached hydrogens (tertiary/aromatic N) is 4. The van der Waals surface area contributed by atoms with Crippen molar-refractivity contribution in [3.63, 3.8) is 0 Å². The Bertz CT molecular complexity index is 1200. The second kappa shape index (κ2) is 6.45. The fraction of sp³-hybridized carbons (Fsp3) is 0.200. The van der Waals surface area contributed by atoms with E-state index in [1.807, 2.05) is 43.3 Å². The number of aromatic nitrogens is 4. The van der Waals surface area contributed by atoms with E-state index in [0.29, 0.717) is 35.4 Å². The van der Waals surface area contributed by atoms with Crippen molar-refractivity contribution in [1.29, 1.82) is 0 Å². The van der Waals surface area contributed by atoms with Crippen molar-refractivity contribution in [2.75, 3.05) is 11.4 Å². The van der Waals surface area contributed by atoms with Gasteiger partial charge in [0.15, 0.2) is 11.5 Å². The summed E-state index contributed by atoms with van der Waals surface area (Å²) in [5, 5.41) is 12.9. The van der Waals surface area contributed by atoms with E-state index in [1.165, 1.54) is 0 Å². The Morgan fingerprint density at radius 2 is 2.11 bits per heavy atom. The summed E-state index contributed by atoms with van der Waals surface area (Å²) in [6, 6.07) is 13.3. The van der Waals surface area contributed by atoms with E-state index >= 15 is 0 Å². The van der Waals surface area contributed by atoms with E-state index in [1.54, 1.807) is 11.0 Å². The van der Waals surface area contributed by atoms with Gasteiger partial charge in [-0.05, 0) is 36.8 Å². The van der Waals surface area contributed by atoms with Gasteiger partial charge < -0.3 is 9.42 Å². The van der Waals surface area contributed by atoms with Crippen molar-refractivity contribution in [3.05, 3.63) is 58.9 Å². The average Bonchev–Trinajstić information content (AvgIpc) is 3.39. The van der Waals surface area contributed by atoms with E-state index in [9.17, 15) is 4.79 Å². The molecule has 1 saturated heterocycles. The van der Waals surface area contributed by atoms with Crippen LogP contribution in [0.1, 0.15) is 23.7 Å². The van der Waals surface area contributed by atoms with Gasteiger partial charge in [0.25, 0.3) is 5.89 Å². The third-order valence-corrected chi connectivity index (χ3v) is 5.29. The maximum absolute atomic E-state index is 12.6. The Balaban J connectivity index is 1.43. The molecule has 1 amide bonds. The summed E-state index contributed by atoms with van der Waals surface area (Å²) >= 11 is 6.03. The summed E-state index contributed by atoms with van der Waals surface area (Å²) in [6.07, 6.45) is 0.336. The lowest BCUT2D eigenvalue weighted by Gasteiger charge is -2.18. The fourth-order valence-corrected chi connectivity index (χ4v) is 3.89. The van der Waals surface area contributed by atoms with Gasteiger partial charge in [-0.15, -0.1) is 0 Å². The van der Waals surface area contributed by atoms with Crippen LogP contribution in [0.3, 0.4) is 0 Å². The minimum absolute atomic E-state index is 0.0343. The largest absolute Gasteiger partial charge is 0.332 e. The molecular weight excluding hydrogens is 378 g/mol. The van der Waals surface area contributed by atoms with Crippen LogP contribution in [0, 0.1) is 6.92 Å². The van der Waals surface area contributed by atoms with E-state index in [2.05, 4.69) is 20.3 Å². The summed E-state index contributed by atoms with van der Waals surface area (Å²) in [6.45, 7) is 2.44. The summed E-state index contributed by atoms with van der Waals surface area (Å²) in [7, 11) is 0. The highest BCUT2D eigenvalue weighted by Gasteiger charge is 2.35. The number of benzene rings is 2. The Morgan fingerprint density at radius 1 is 1.25 bits per heavy atom. The lowest BCUT2D eigenvalue weighted by atomic mass is 10.1. The molecule has 1 aliphatic heterocycles. The number of amides is 1. The summed E-state index contributed by atoms with van der Waals surface area (Å²) in [5.74, 6) is 0.767. The van der Waals surface area contributed by atoms with Gasteiger partial charge in [-0.3, -0.25) is 9.89 Å². The topological polar surface area (TPSA) is 87.9 Å². The number of hydrogen-bond donors (Lipinski definition) is 1. The number of nitrogens with one attached hydrogen (secondary N) is 1. The number of rotatable bonds is 3. The number of H-pyrrole nitrogens is 1. The minimum atomic E-state index is -0.134. The first-order valence-electron chi connectivity index (χ1n) is 8.94. The van der Waals surface area contributed by atoms with Crippen LogP contribution in [0.25, 0.3) is 22.5 Å². The van der Waals surface area contributed by atoms with Gasteiger partial charge in [0, 0.05) is 35.0 Å². The summed E-state index contributed by atoms with van der Waals surface area (Å²) < 4.78 is 5.45. The molecule has 1 N–H and O–H groups in total. The molecule has 1 unspecified atom stereocenters. The highest BCUT2D eigenvalue weighted by Crippen LogP contribution is 2.34. The maximum atomic E-state index is 12.6. The molecule has 1 fully saturated rings. The Kier molecular flexibility index (Phi) is 3.91. The quantitative estimate of drug-likeness (QED) is 0.566. The number of aryl methyl sites for hydroxylation is 1. The zero-order chi connectivity index (χ0) is 19.3. The normalized spacial score (nSPS) is 17.0. The van der Waals surface area contributed by atoms with Crippen LogP contribution in [0.4, 0.5) is 5.69 Å². The lowest BCUT2D eigenvalue weighted by Crippen LogP contribution is -2.25. The van der Waals surface area contributed by atoms with Crippen molar-refractivity contribution >= 4 is 34.1 Å². The van der Waals surface area contributed by atoms with Crippen molar-refractivity contribution in [1.82, 2.24) is 20.3 Å². The van der Waals surface area contributed by atoms with Crippen LogP contribution in [0.15, 0.2) is 47.0 Å². The summed E-state index contributed by atoms with van der Waals surface area (Å²) in [4.78, 5) is 18.9. The molecule has 1 aliphatic rings. The maximum Gasteiger partial charge on any atom is 0.279 e. The SMILES string of the molecule is Cc1cc(Cl)ccc1N1CC(c2noc(-c3n[nH]c4ccccc34)n2)CC1=O. The molecule has 7 nitrogen and oxygen atoms in total. The molecule has 2 aromatic carbocycles. The molecule has 0 spiro atoms. The third kappa shape index (κ3) is 2.75. The number of hydrogen-bond acceptors (Lipinski definition) is 5. The van der Waals surface area contributed by atoms with Crippen LogP contribution < -0.4 is 4.90 Å². The highest BCUT2D eigenvalue weighted by molar-refractivity contribution is 6.30. The Morgan fingerprint density at radius 3 is 2.96 bits per heavy atom. The van der Waals surface area contributed by atoms with Crippen LogP contribution in [-0.2, 0) is 4.79 Å². The molecule has 0 bridgehead atoms. The smallest absolute Gasteiger partial charge is 0.279 e. The first-order valence-corrected chi connectivity index (χ1v) is 9.31. The first-order chi connectivity index (χ1) is 13.6. The average molecular weight is 394 g/mol. The standard InChI is InChI=1S/C20H16ClN5O2/c1-11-8-13(21)6-7-16(11)26-10-12(9-17(26)27)19-22-20(28-25-19)18-14-4-2-3-5-15(14)23-24-18/h2-8,12H,9-10H2,1H3,(H,23,24). The lowest BCUT2D eigenvalue weighted by molar-refractivity contribution is -0.117. The van der Waals surface area contributed by atoms with Gasteiger partial charge in [0.05, 0.1) is 5.52 Å². The second-order valence-electron chi connectivity index (χ2n) is 6.91. The third-order valence-electron chi connectivity index (χ3n) is 5.05. The molecule has 3 heterocycles. The molecular formula is C20H16ClN5O2. The molecule has 0 aliphatic carbocycles. The zero-order valence-corrected chi connectivity index (χ0v) is 15.8. The van der Waals surface area contributed by atoms with E-state index < -0.39 is 0 Å². The predicted molar refractivity (Wildman–Crippen MR) is 105 cm³/mol. The van der Waals surface area contributed by atoms with E-state index in [-0.39, 0.29) is 11.8 Å². The Hall–Kier alpha value is -3.19. The molecule has 4 aromatic rings. The molecule has 28 heavy (non-hydrogen) atoms. The fourth-order valence-electron chi connectivity index (χ4n) is 3.66. The number of carbonyl (C=O) groups is 1. The van der Waals surface area contributed by atoms with Crippen LogP contribution in [-0.4, -0.2) is 32.8 Å². The van der Waals surface area contributed by atoms with Gasteiger partial charge in [-0.25, -0.2) is 0 Å². The van der Waals surface area contributed by atoms with E-state index in [0.717, 1.165) is 22.2 Å². The minimum Gasteiger partial charge on any atom is -0.332 e. The van der Waals surface area contributed by atoms with E-state index in [4.69, 9.17) is 16.1 Å². The van der Waals surface area contributed by atoms with Crippen LogP contribution in [0.5, 0.6) is 0 Å². The molecule has 140 valence electrons. The monoisotopic (exact) mass is 393 g/mol. The molecule has 0 radical (unpaired) electrons. The molecule has 2 aromatic heterocycles. The van der Waals surface area contributed by atoms with Crippen molar-refractivity contribution in [2.24, 2.45) is 0 Å². The zero-order valence-electron chi connectivity index (χ0n) is 15.0. The Labute approximate surface area is 165 Å². The first kappa shape index (κ1) is 16.9. The van der Waals surface area contributed by atoms with Crippen molar-refractivity contribution in [3.8, 4) is 11.6 Å². The summed E-state index contributed by atoms with van der Waals surface area (Å²) in [5.41, 5.74) is 3.33. The number of halogens is 1. The highest BCUT2D eigenvalue weighted by atomic mass is 35.5. The second-order valence-corrected chi connectivity index (χ2v) is 7.35. The number of para-hydroxylation sites is 1. The molecule has 1 atom stereocenters. The van der Waals surface area contributed by atoms with Gasteiger partial charge in [-0.2, -0.15) is 10.1 Å². The van der Waals surface area contributed by atoms with Gasteiger partial charge in [0.2, 0.25) is 5.91 Å². The van der Waals surface area contributed by atoms with Crippen molar-refractivity contribution < 1.29 is 9.32 Å². The van der Waals surface area contributed by atoms with Gasteiger partial charge in [-0.1, -0.05) is 35.0 Å². The molecule has 5 rings (SSSR count). The number of carbonyl (C=O) groups excluding carboxylic acids is 1.